The van der Waals surface area contributed by atoms with Gasteiger partial charge in [-0.2, -0.15) is 4.98 Å². The number of aromatic nitrogens is 1. The molecule has 2 saturated heterocycles. The number of para-hydroxylation sites is 1. The summed E-state index contributed by atoms with van der Waals surface area (Å²) < 4.78 is 6.45. The molecule has 7 heteroatoms. The molecule has 7 nitrogen and oxygen atoms in total. The minimum absolute atomic E-state index is 0.338. The first-order chi connectivity index (χ1) is 10.4. The van der Waals surface area contributed by atoms with Crippen LogP contribution in [0.2, 0.25) is 0 Å². The number of benzene rings is 1. The largest absolute Gasteiger partial charge is 0.405 e. The lowest BCUT2D eigenvalue weighted by Gasteiger charge is -2.56. The van der Waals surface area contributed by atoms with Crippen molar-refractivity contribution in [3.63, 3.8) is 0 Å². The van der Waals surface area contributed by atoms with Crippen molar-refractivity contribution < 1.29 is 14.3 Å². The monoisotopic (exact) mass is 303 g/mol. The molecule has 0 radical (unpaired) electrons. The maximum Gasteiger partial charge on any atom is 0.405 e. The highest BCUT2D eigenvalue weighted by Gasteiger charge is 2.61. The first-order valence-electron chi connectivity index (χ1n) is 7.41. The van der Waals surface area contributed by atoms with E-state index in [1.54, 1.807) is 18.2 Å². The Bertz CT molecular complexity index is 755. The van der Waals surface area contributed by atoms with Crippen molar-refractivity contribution in [1.82, 2.24) is 14.8 Å². The lowest BCUT2D eigenvalue weighted by atomic mass is 9.88. The van der Waals surface area contributed by atoms with Gasteiger partial charge in [0.1, 0.15) is 24.6 Å². The van der Waals surface area contributed by atoms with E-state index in [4.69, 9.17) is 10.2 Å². The summed E-state index contributed by atoms with van der Waals surface area (Å²) in [7, 11) is 0. The molecule has 0 bridgehead atoms. The molecule has 1 aromatic carbocycles. The van der Waals surface area contributed by atoms with Crippen molar-refractivity contribution in [1.29, 1.82) is 0 Å². The molecule has 2 fully saturated rings. The topological polar surface area (TPSA) is 101 Å². The van der Waals surface area contributed by atoms with Crippen LogP contribution in [0.15, 0.2) is 22.6 Å². The Morgan fingerprint density at radius 1 is 1.50 bits per heavy atom. The number of primary amides is 1. The van der Waals surface area contributed by atoms with Gasteiger partial charge in [-0.3, -0.25) is 4.79 Å². The second kappa shape index (κ2) is 4.28. The van der Waals surface area contributed by atoms with E-state index in [1.807, 2.05) is 6.92 Å². The summed E-state index contributed by atoms with van der Waals surface area (Å²) in [5.74, 6) is -0.516. The third-order valence-electron chi connectivity index (χ3n) is 4.76. The second-order valence-corrected chi connectivity index (χ2v) is 6.67. The Hall–Kier alpha value is -1.96. The Morgan fingerprint density at radius 2 is 2.23 bits per heavy atom. The fourth-order valence-corrected chi connectivity index (χ4v) is 3.67. The van der Waals surface area contributed by atoms with Crippen LogP contribution in [-0.4, -0.2) is 53.8 Å². The van der Waals surface area contributed by atoms with Crippen LogP contribution in [0.5, 0.6) is 0 Å². The van der Waals surface area contributed by atoms with Gasteiger partial charge in [0.25, 0.3) is 5.91 Å². The number of fused-ring (bicyclic) bond motifs is 1. The summed E-state index contributed by atoms with van der Waals surface area (Å²) >= 11 is 0. The van der Waals surface area contributed by atoms with Crippen LogP contribution in [-0.2, 0) is 0 Å². The van der Waals surface area contributed by atoms with Crippen LogP contribution in [0.4, 0.5) is 6.01 Å². The molecule has 4 rings (SSSR count). The van der Waals surface area contributed by atoms with E-state index in [9.17, 15) is 9.90 Å². The summed E-state index contributed by atoms with van der Waals surface area (Å²) in [6.07, 6.45) is 0. The van der Waals surface area contributed by atoms with Gasteiger partial charge in [0.05, 0.1) is 5.56 Å². The molecule has 2 aliphatic rings. The number of hydrogen-bond acceptors (Lipinski definition) is 5. The van der Waals surface area contributed by atoms with Gasteiger partial charge in [0.2, 0.25) is 0 Å². The average Bonchev–Trinajstić information content (AvgIpc) is 2.77. The molecule has 0 aliphatic carbocycles. The van der Waals surface area contributed by atoms with Gasteiger partial charge in [0.15, 0.2) is 11.2 Å². The number of oxazole rings is 1. The van der Waals surface area contributed by atoms with E-state index in [2.05, 4.69) is 10.3 Å². The van der Waals surface area contributed by atoms with Gasteiger partial charge < -0.3 is 20.6 Å². The summed E-state index contributed by atoms with van der Waals surface area (Å²) in [4.78, 5) is 16.1. The van der Waals surface area contributed by atoms with Crippen LogP contribution in [0.3, 0.4) is 0 Å². The normalized spacial score (nSPS) is 31.7. The number of nitrogens with two attached hydrogens (primary N) is 1. The number of quaternary nitrogens is 1. The van der Waals surface area contributed by atoms with E-state index < -0.39 is 11.5 Å². The molecule has 0 spiro atoms. The first kappa shape index (κ1) is 13.7. The number of hydrogen-bond donors (Lipinski definition) is 3. The van der Waals surface area contributed by atoms with Crippen LogP contribution in [0.1, 0.15) is 17.3 Å². The van der Waals surface area contributed by atoms with Crippen LogP contribution < -0.4 is 15.5 Å². The molecule has 4 N–H and O–H groups in total. The maximum absolute atomic E-state index is 11.5. The number of likely N-dealkylation sites (tertiary alicyclic amines) is 1. The van der Waals surface area contributed by atoms with Crippen molar-refractivity contribution in [2.45, 2.75) is 18.6 Å². The maximum atomic E-state index is 11.5. The van der Waals surface area contributed by atoms with E-state index in [0.717, 1.165) is 13.1 Å². The van der Waals surface area contributed by atoms with E-state index in [0.29, 0.717) is 46.3 Å². The molecular formula is C15H19N4O3+. The molecular weight excluding hydrogens is 284 g/mol. The van der Waals surface area contributed by atoms with Gasteiger partial charge in [-0.15, -0.1) is 0 Å². The molecule has 0 atom stereocenters. The fourth-order valence-electron chi connectivity index (χ4n) is 3.67. The minimum Gasteiger partial charge on any atom is -0.395 e. The van der Waals surface area contributed by atoms with Crippen molar-refractivity contribution in [2.75, 3.05) is 26.2 Å². The number of carbonyl (C=O) groups excluding carboxylic acids is 1. The number of nitrogens with one attached hydrogen (secondary N) is 1. The van der Waals surface area contributed by atoms with Crippen LogP contribution >= 0.6 is 0 Å². The van der Waals surface area contributed by atoms with E-state index in [-0.39, 0.29) is 0 Å². The molecule has 0 unspecified atom stereocenters. The fraction of sp³-hybridized carbons (Fsp3) is 0.467. The second-order valence-electron chi connectivity index (χ2n) is 6.67. The Balaban J connectivity index is 1.82. The smallest absolute Gasteiger partial charge is 0.395 e. The van der Waals surface area contributed by atoms with Crippen LogP contribution in [0, 0.1) is 0 Å². The van der Waals surface area contributed by atoms with Gasteiger partial charge in [-0.1, -0.05) is 6.07 Å². The van der Waals surface area contributed by atoms with Crippen molar-refractivity contribution in [2.24, 2.45) is 5.73 Å². The number of carbonyl (C=O) groups is 1. The van der Waals surface area contributed by atoms with Crippen LogP contribution in [0.25, 0.3) is 11.1 Å². The Labute approximate surface area is 127 Å². The summed E-state index contributed by atoms with van der Waals surface area (Å²) in [5.41, 5.74) is 6.13. The highest BCUT2D eigenvalue weighted by Crippen LogP contribution is 2.41. The first-order valence-corrected chi connectivity index (χ1v) is 7.41. The summed E-state index contributed by atoms with van der Waals surface area (Å²) in [6.45, 7) is 4.71. The Kier molecular flexibility index (Phi) is 2.66. The average molecular weight is 303 g/mol. The molecule has 3 heterocycles. The highest BCUT2D eigenvalue weighted by molar-refractivity contribution is 6.03. The van der Waals surface area contributed by atoms with E-state index in [1.165, 1.54) is 0 Å². The number of rotatable bonds is 3. The van der Waals surface area contributed by atoms with Crippen molar-refractivity contribution >= 4 is 23.0 Å². The predicted octanol–water partition coefficient (Wildman–Crippen LogP) is -0.0296. The number of amides is 1. The minimum atomic E-state index is -0.706. The molecule has 22 heavy (non-hydrogen) atoms. The SMILES string of the molecule is CC1(O)C[N+](c2nc3c(C(N)=O)cccc3o2)(C2CNC2)C1. The predicted molar refractivity (Wildman–Crippen MR) is 81.3 cm³/mol. The summed E-state index contributed by atoms with van der Waals surface area (Å²) in [5, 5.41) is 13.5. The molecule has 0 saturated carbocycles. The van der Waals surface area contributed by atoms with Crippen molar-refractivity contribution in [3.8, 4) is 0 Å². The van der Waals surface area contributed by atoms with Gasteiger partial charge in [-0.25, -0.2) is 4.48 Å². The zero-order chi connectivity index (χ0) is 15.5. The standard InChI is InChI=1S/C15H18N4O3/c1-15(21)7-19(8-15,9-5-17-6-9)14-18-12-10(13(16)20)3-2-4-11(12)22-14/h2-4,9,17,21H,5-8H2,1H3,(H-,16,20)/p+1. The quantitative estimate of drug-likeness (QED) is 0.691. The molecule has 1 amide bonds. The Morgan fingerprint density at radius 3 is 2.77 bits per heavy atom. The third kappa shape index (κ3) is 1.79. The highest BCUT2D eigenvalue weighted by atomic mass is 16.4. The molecule has 116 valence electrons. The zero-order valence-corrected chi connectivity index (χ0v) is 12.4. The molecule has 2 aliphatic heterocycles. The lowest BCUT2D eigenvalue weighted by Crippen LogP contribution is -2.82. The number of nitrogens with zero attached hydrogens (tertiary/aromatic N) is 2. The number of aliphatic hydroxyl groups is 1. The van der Waals surface area contributed by atoms with E-state index >= 15 is 0 Å². The molecule has 2 aromatic rings. The zero-order valence-electron chi connectivity index (χ0n) is 12.4. The summed E-state index contributed by atoms with van der Waals surface area (Å²) in [6, 6.07) is 6.07. The van der Waals surface area contributed by atoms with Gasteiger partial charge in [0, 0.05) is 13.1 Å². The lowest BCUT2D eigenvalue weighted by molar-refractivity contribution is -0.112. The van der Waals surface area contributed by atoms with Gasteiger partial charge >= 0.3 is 6.01 Å². The third-order valence-corrected chi connectivity index (χ3v) is 4.76. The molecule has 1 aromatic heterocycles. The van der Waals surface area contributed by atoms with Crippen molar-refractivity contribution in [3.05, 3.63) is 23.8 Å². The van der Waals surface area contributed by atoms with Gasteiger partial charge in [-0.05, 0) is 19.1 Å².